The van der Waals surface area contributed by atoms with Gasteiger partial charge in [-0.05, 0) is 18.4 Å². The Balaban J connectivity index is 2.98. The van der Waals surface area contributed by atoms with E-state index in [-0.39, 0.29) is 25.1 Å². The van der Waals surface area contributed by atoms with Gasteiger partial charge in [0, 0.05) is 18.6 Å². The number of benzene rings is 1. The van der Waals surface area contributed by atoms with Crippen molar-refractivity contribution in [1.82, 2.24) is 0 Å². The van der Waals surface area contributed by atoms with Crippen LogP contribution in [0.4, 0.5) is 0 Å². The molecule has 1 aromatic rings. The molecule has 0 bridgehead atoms. The van der Waals surface area contributed by atoms with E-state index in [1.807, 2.05) is 0 Å². The highest BCUT2D eigenvalue weighted by atomic mass is 32.2. The van der Waals surface area contributed by atoms with Gasteiger partial charge in [0.15, 0.2) is 0 Å². The molecule has 19 heavy (non-hydrogen) atoms. The first-order valence-electron chi connectivity index (χ1n) is 5.98. The molecule has 0 aliphatic carbocycles. The van der Waals surface area contributed by atoms with Crippen LogP contribution in [0, 0.1) is 0 Å². The second-order valence-corrected chi connectivity index (χ2v) is 6.95. The van der Waals surface area contributed by atoms with E-state index in [1.165, 1.54) is 0 Å². The van der Waals surface area contributed by atoms with Crippen LogP contribution >= 0.6 is 0 Å². The molecule has 0 amide bonds. The van der Waals surface area contributed by atoms with Crippen LogP contribution in [0.3, 0.4) is 0 Å². The average molecular weight is 285 g/mol. The van der Waals surface area contributed by atoms with Crippen molar-refractivity contribution in [2.24, 2.45) is 5.73 Å². The Hall–Kier alpha value is -1.40. The summed E-state index contributed by atoms with van der Waals surface area (Å²) in [5, 5.41) is 9.48. The van der Waals surface area contributed by atoms with Gasteiger partial charge in [0.2, 0.25) is 0 Å². The zero-order chi connectivity index (χ0) is 14.5. The zero-order valence-electron chi connectivity index (χ0n) is 10.9. The lowest BCUT2D eigenvalue weighted by Crippen LogP contribution is -2.43. The Morgan fingerprint density at radius 3 is 2.32 bits per heavy atom. The predicted octanol–water partition coefficient (Wildman–Crippen LogP) is 0.793. The maximum Gasteiger partial charge on any atom is 0.315 e. The maximum atomic E-state index is 11.6. The van der Waals surface area contributed by atoms with Crippen LogP contribution in [0.15, 0.2) is 30.3 Å². The molecule has 0 aromatic heterocycles. The summed E-state index contributed by atoms with van der Waals surface area (Å²) in [6.07, 6.45) is 1.62. The van der Waals surface area contributed by atoms with E-state index in [0.29, 0.717) is 5.56 Å². The second kappa shape index (κ2) is 6.16. The third kappa shape index (κ3) is 4.04. The molecule has 5 nitrogen and oxygen atoms in total. The van der Waals surface area contributed by atoms with Crippen molar-refractivity contribution in [3.05, 3.63) is 35.9 Å². The van der Waals surface area contributed by atoms with Crippen LogP contribution in [0.2, 0.25) is 0 Å². The minimum Gasteiger partial charge on any atom is -0.481 e. The number of aliphatic carboxylic acids is 1. The van der Waals surface area contributed by atoms with E-state index in [0.717, 1.165) is 6.26 Å². The van der Waals surface area contributed by atoms with Crippen molar-refractivity contribution in [2.75, 3.05) is 18.6 Å². The van der Waals surface area contributed by atoms with E-state index in [4.69, 9.17) is 5.73 Å². The molecule has 6 heteroatoms. The molecule has 1 unspecified atom stereocenters. The molecular formula is C13H19NO4S. The molecule has 0 aliphatic heterocycles. The Bertz CT molecular complexity index is 527. The number of rotatable bonds is 7. The van der Waals surface area contributed by atoms with Gasteiger partial charge in [-0.3, -0.25) is 4.79 Å². The summed E-state index contributed by atoms with van der Waals surface area (Å²) in [5.41, 5.74) is 5.05. The summed E-state index contributed by atoms with van der Waals surface area (Å²) in [6.45, 7) is -0.0594. The molecule has 1 rings (SSSR count). The molecule has 0 heterocycles. The largest absolute Gasteiger partial charge is 0.481 e. The van der Waals surface area contributed by atoms with Crippen molar-refractivity contribution >= 4 is 15.8 Å². The molecule has 0 spiro atoms. The van der Waals surface area contributed by atoms with E-state index < -0.39 is 21.2 Å². The molecule has 0 radical (unpaired) electrons. The SMILES string of the molecule is CS(=O)(=O)CCCC(CN)(C(=O)O)c1ccccc1. The van der Waals surface area contributed by atoms with Gasteiger partial charge in [-0.25, -0.2) is 8.42 Å². The molecule has 0 saturated heterocycles. The van der Waals surface area contributed by atoms with Crippen molar-refractivity contribution in [2.45, 2.75) is 18.3 Å². The van der Waals surface area contributed by atoms with Crippen LogP contribution in [-0.4, -0.2) is 38.0 Å². The van der Waals surface area contributed by atoms with Gasteiger partial charge < -0.3 is 10.8 Å². The summed E-state index contributed by atoms with van der Waals surface area (Å²) < 4.78 is 22.3. The predicted molar refractivity (Wildman–Crippen MR) is 73.8 cm³/mol. The number of hydrogen-bond acceptors (Lipinski definition) is 4. The van der Waals surface area contributed by atoms with Crippen LogP contribution in [0.5, 0.6) is 0 Å². The number of sulfone groups is 1. The lowest BCUT2D eigenvalue weighted by atomic mass is 9.77. The van der Waals surface area contributed by atoms with Gasteiger partial charge in [-0.2, -0.15) is 0 Å². The highest BCUT2D eigenvalue weighted by molar-refractivity contribution is 7.90. The molecule has 1 atom stereocenters. The molecule has 3 N–H and O–H groups in total. The Morgan fingerprint density at radius 2 is 1.89 bits per heavy atom. The van der Waals surface area contributed by atoms with Crippen molar-refractivity contribution in [1.29, 1.82) is 0 Å². The van der Waals surface area contributed by atoms with Crippen molar-refractivity contribution in [3.8, 4) is 0 Å². The Morgan fingerprint density at radius 1 is 1.32 bits per heavy atom. The number of carbonyl (C=O) groups is 1. The molecule has 1 aromatic carbocycles. The fraction of sp³-hybridized carbons (Fsp3) is 0.462. The minimum atomic E-state index is -3.10. The van der Waals surface area contributed by atoms with Gasteiger partial charge in [-0.15, -0.1) is 0 Å². The fourth-order valence-corrected chi connectivity index (χ4v) is 2.74. The smallest absolute Gasteiger partial charge is 0.315 e. The van der Waals surface area contributed by atoms with Crippen molar-refractivity contribution in [3.63, 3.8) is 0 Å². The van der Waals surface area contributed by atoms with Crippen LogP contribution < -0.4 is 5.73 Å². The molecular weight excluding hydrogens is 266 g/mol. The maximum absolute atomic E-state index is 11.6. The quantitative estimate of drug-likeness (QED) is 0.772. The Labute approximate surface area is 113 Å². The average Bonchev–Trinajstić information content (AvgIpc) is 2.34. The monoisotopic (exact) mass is 285 g/mol. The first-order chi connectivity index (χ1) is 8.82. The van der Waals surface area contributed by atoms with Gasteiger partial charge in [0.1, 0.15) is 15.3 Å². The first kappa shape index (κ1) is 15.7. The molecule has 0 aliphatic rings. The van der Waals surface area contributed by atoms with E-state index in [1.54, 1.807) is 30.3 Å². The van der Waals surface area contributed by atoms with Gasteiger partial charge >= 0.3 is 5.97 Å². The topological polar surface area (TPSA) is 97.5 Å². The number of carboxylic acids is 1. The van der Waals surface area contributed by atoms with Crippen LogP contribution in [-0.2, 0) is 20.0 Å². The summed E-state index contributed by atoms with van der Waals surface area (Å²) in [5.74, 6) is -1.05. The van der Waals surface area contributed by atoms with Gasteiger partial charge in [0.05, 0.1) is 0 Å². The lowest BCUT2D eigenvalue weighted by Gasteiger charge is -2.28. The summed E-state index contributed by atoms with van der Waals surface area (Å²) in [7, 11) is -3.10. The van der Waals surface area contributed by atoms with E-state index in [2.05, 4.69) is 0 Å². The van der Waals surface area contributed by atoms with Crippen LogP contribution in [0.25, 0.3) is 0 Å². The standard InChI is InChI=1S/C13H19NO4S/c1-19(17,18)9-5-8-13(10-14,12(15)16)11-6-3-2-4-7-11/h2-4,6-7H,5,8-10,14H2,1H3,(H,15,16). The highest BCUT2D eigenvalue weighted by Gasteiger charge is 2.38. The second-order valence-electron chi connectivity index (χ2n) is 4.69. The molecule has 0 fully saturated rings. The fourth-order valence-electron chi connectivity index (χ4n) is 2.08. The number of nitrogens with two attached hydrogens (primary N) is 1. The van der Waals surface area contributed by atoms with Gasteiger partial charge in [-0.1, -0.05) is 30.3 Å². The lowest BCUT2D eigenvalue weighted by molar-refractivity contribution is -0.143. The summed E-state index contributed by atoms with van der Waals surface area (Å²) >= 11 is 0. The van der Waals surface area contributed by atoms with Gasteiger partial charge in [0.25, 0.3) is 0 Å². The summed E-state index contributed by atoms with van der Waals surface area (Å²) in [6, 6.07) is 8.71. The Kier molecular flexibility index (Phi) is 5.08. The van der Waals surface area contributed by atoms with E-state index in [9.17, 15) is 18.3 Å². The van der Waals surface area contributed by atoms with Crippen molar-refractivity contribution < 1.29 is 18.3 Å². The zero-order valence-corrected chi connectivity index (χ0v) is 11.7. The third-order valence-electron chi connectivity index (χ3n) is 3.20. The van der Waals surface area contributed by atoms with Crippen LogP contribution in [0.1, 0.15) is 18.4 Å². The van der Waals surface area contributed by atoms with E-state index >= 15 is 0 Å². The molecule has 106 valence electrons. The normalized spacial score (nSPS) is 14.8. The first-order valence-corrected chi connectivity index (χ1v) is 8.04. The minimum absolute atomic E-state index is 0.0329. The summed E-state index contributed by atoms with van der Waals surface area (Å²) in [4.78, 5) is 11.6. The number of carboxylic acid groups (broad SMARTS) is 1. The number of hydrogen-bond donors (Lipinski definition) is 2. The molecule has 0 saturated carbocycles. The highest BCUT2D eigenvalue weighted by Crippen LogP contribution is 2.29. The third-order valence-corrected chi connectivity index (χ3v) is 4.23.